The van der Waals surface area contributed by atoms with Crippen molar-refractivity contribution in [3.8, 4) is 0 Å². The SMILES string of the molecule is CNCCC(=O)NCc1cccc(C(F)(F)F)c1. The Morgan fingerprint density at radius 1 is 1.33 bits per heavy atom. The monoisotopic (exact) mass is 260 g/mol. The second-order valence-corrected chi connectivity index (χ2v) is 3.83. The van der Waals surface area contributed by atoms with E-state index in [1.165, 1.54) is 6.07 Å². The van der Waals surface area contributed by atoms with E-state index in [0.717, 1.165) is 12.1 Å². The molecule has 18 heavy (non-hydrogen) atoms. The highest BCUT2D eigenvalue weighted by atomic mass is 19.4. The van der Waals surface area contributed by atoms with Gasteiger partial charge in [-0.1, -0.05) is 12.1 Å². The van der Waals surface area contributed by atoms with Gasteiger partial charge in [0.2, 0.25) is 5.91 Å². The molecule has 1 rings (SSSR count). The summed E-state index contributed by atoms with van der Waals surface area (Å²) in [5, 5.41) is 5.38. The van der Waals surface area contributed by atoms with Gasteiger partial charge in [0.15, 0.2) is 0 Å². The van der Waals surface area contributed by atoms with E-state index in [-0.39, 0.29) is 12.5 Å². The minimum atomic E-state index is -4.36. The van der Waals surface area contributed by atoms with Crippen LogP contribution in [0.15, 0.2) is 24.3 Å². The zero-order valence-electron chi connectivity index (χ0n) is 9.97. The number of amides is 1. The fraction of sp³-hybridized carbons (Fsp3) is 0.417. The smallest absolute Gasteiger partial charge is 0.352 e. The average Bonchev–Trinajstić information content (AvgIpc) is 2.33. The van der Waals surface area contributed by atoms with Crippen molar-refractivity contribution in [2.75, 3.05) is 13.6 Å². The van der Waals surface area contributed by atoms with E-state index in [0.29, 0.717) is 18.5 Å². The van der Waals surface area contributed by atoms with Gasteiger partial charge in [-0.2, -0.15) is 13.2 Å². The Morgan fingerprint density at radius 3 is 2.67 bits per heavy atom. The van der Waals surface area contributed by atoms with Crippen LogP contribution in [0, 0.1) is 0 Å². The summed E-state index contributed by atoms with van der Waals surface area (Å²) in [5.41, 5.74) is -0.271. The van der Waals surface area contributed by atoms with Crippen molar-refractivity contribution in [2.24, 2.45) is 0 Å². The molecule has 0 aromatic heterocycles. The molecule has 0 spiro atoms. The molecule has 6 heteroatoms. The summed E-state index contributed by atoms with van der Waals surface area (Å²) in [6.07, 6.45) is -4.05. The first-order valence-corrected chi connectivity index (χ1v) is 5.51. The molecule has 100 valence electrons. The molecular formula is C12H15F3N2O. The van der Waals surface area contributed by atoms with Crippen molar-refractivity contribution in [3.05, 3.63) is 35.4 Å². The molecule has 0 radical (unpaired) electrons. The van der Waals surface area contributed by atoms with Crippen LogP contribution in [0.2, 0.25) is 0 Å². The third-order valence-corrected chi connectivity index (χ3v) is 2.35. The van der Waals surface area contributed by atoms with Crippen molar-refractivity contribution >= 4 is 5.91 Å². The standard InChI is InChI=1S/C12H15F3N2O/c1-16-6-5-11(18)17-8-9-3-2-4-10(7-9)12(13,14)15/h2-4,7,16H,5-6,8H2,1H3,(H,17,18). The number of carbonyl (C=O) groups is 1. The highest BCUT2D eigenvalue weighted by Crippen LogP contribution is 2.29. The van der Waals surface area contributed by atoms with Crippen LogP contribution in [0.4, 0.5) is 13.2 Å². The van der Waals surface area contributed by atoms with E-state index in [9.17, 15) is 18.0 Å². The maximum absolute atomic E-state index is 12.4. The molecule has 0 aliphatic heterocycles. The molecule has 0 aliphatic rings. The van der Waals surface area contributed by atoms with Crippen molar-refractivity contribution in [3.63, 3.8) is 0 Å². The van der Waals surface area contributed by atoms with Crippen LogP contribution < -0.4 is 10.6 Å². The van der Waals surface area contributed by atoms with E-state index >= 15 is 0 Å². The number of halogens is 3. The summed E-state index contributed by atoms with van der Waals surface area (Å²) < 4.78 is 37.3. The van der Waals surface area contributed by atoms with Gasteiger partial charge in [0.1, 0.15) is 0 Å². The Hall–Kier alpha value is -1.56. The normalized spacial score (nSPS) is 11.3. The predicted octanol–water partition coefficient (Wildman–Crippen LogP) is 1.93. The lowest BCUT2D eigenvalue weighted by Crippen LogP contribution is -2.26. The Kier molecular flexibility index (Phi) is 5.15. The molecule has 0 atom stereocenters. The lowest BCUT2D eigenvalue weighted by atomic mass is 10.1. The summed E-state index contributed by atoms with van der Waals surface area (Å²) >= 11 is 0. The summed E-state index contributed by atoms with van der Waals surface area (Å²) in [4.78, 5) is 11.3. The Bertz CT molecular complexity index is 405. The maximum atomic E-state index is 12.4. The molecule has 0 saturated heterocycles. The third kappa shape index (κ3) is 4.75. The number of nitrogens with one attached hydrogen (secondary N) is 2. The molecule has 0 bridgehead atoms. The van der Waals surface area contributed by atoms with Crippen molar-refractivity contribution in [1.29, 1.82) is 0 Å². The van der Waals surface area contributed by atoms with Crippen LogP contribution in [0.1, 0.15) is 17.5 Å². The van der Waals surface area contributed by atoms with Crippen LogP contribution in [0.3, 0.4) is 0 Å². The van der Waals surface area contributed by atoms with Gasteiger partial charge in [-0.15, -0.1) is 0 Å². The first-order chi connectivity index (χ1) is 8.43. The van der Waals surface area contributed by atoms with E-state index in [2.05, 4.69) is 10.6 Å². The van der Waals surface area contributed by atoms with Gasteiger partial charge in [0.05, 0.1) is 5.56 Å². The van der Waals surface area contributed by atoms with E-state index < -0.39 is 11.7 Å². The van der Waals surface area contributed by atoms with Crippen LogP contribution in [0.25, 0.3) is 0 Å². The van der Waals surface area contributed by atoms with Gasteiger partial charge in [-0.25, -0.2) is 0 Å². The average molecular weight is 260 g/mol. The van der Waals surface area contributed by atoms with Crippen molar-refractivity contribution in [2.45, 2.75) is 19.1 Å². The number of rotatable bonds is 5. The van der Waals surface area contributed by atoms with E-state index in [1.54, 1.807) is 13.1 Å². The summed E-state index contributed by atoms with van der Waals surface area (Å²) in [7, 11) is 1.72. The molecule has 3 nitrogen and oxygen atoms in total. The quantitative estimate of drug-likeness (QED) is 0.849. The van der Waals surface area contributed by atoms with Gasteiger partial charge in [0, 0.05) is 19.5 Å². The highest BCUT2D eigenvalue weighted by molar-refractivity contribution is 5.76. The molecule has 1 amide bonds. The van der Waals surface area contributed by atoms with E-state index in [1.807, 2.05) is 0 Å². The maximum Gasteiger partial charge on any atom is 0.416 e. The predicted molar refractivity (Wildman–Crippen MR) is 61.8 cm³/mol. The second-order valence-electron chi connectivity index (χ2n) is 3.83. The molecular weight excluding hydrogens is 245 g/mol. The fourth-order valence-corrected chi connectivity index (χ4v) is 1.39. The first-order valence-electron chi connectivity index (χ1n) is 5.51. The lowest BCUT2D eigenvalue weighted by molar-refractivity contribution is -0.137. The molecule has 1 aromatic carbocycles. The topological polar surface area (TPSA) is 41.1 Å². The fourth-order valence-electron chi connectivity index (χ4n) is 1.39. The van der Waals surface area contributed by atoms with Crippen molar-refractivity contribution in [1.82, 2.24) is 10.6 Å². The summed E-state index contributed by atoms with van der Waals surface area (Å²) in [6.45, 7) is 0.640. The van der Waals surface area contributed by atoms with Crippen LogP contribution in [0.5, 0.6) is 0 Å². The molecule has 1 aromatic rings. The van der Waals surface area contributed by atoms with Crippen LogP contribution >= 0.6 is 0 Å². The minimum Gasteiger partial charge on any atom is -0.352 e. The van der Waals surface area contributed by atoms with Crippen molar-refractivity contribution < 1.29 is 18.0 Å². The molecule has 2 N–H and O–H groups in total. The number of alkyl halides is 3. The van der Waals surface area contributed by atoms with Gasteiger partial charge in [-0.05, 0) is 24.7 Å². The van der Waals surface area contributed by atoms with Gasteiger partial charge in [0.25, 0.3) is 0 Å². The summed E-state index contributed by atoms with van der Waals surface area (Å²) in [5.74, 6) is -0.193. The number of hydrogen-bond donors (Lipinski definition) is 2. The Morgan fingerprint density at radius 2 is 2.06 bits per heavy atom. The molecule has 0 saturated carbocycles. The zero-order chi connectivity index (χ0) is 13.6. The number of carbonyl (C=O) groups excluding carboxylic acids is 1. The van der Waals surface area contributed by atoms with Gasteiger partial charge < -0.3 is 10.6 Å². The zero-order valence-corrected chi connectivity index (χ0v) is 9.97. The highest BCUT2D eigenvalue weighted by Gasteiger charge is 2.30. The molecule has 0 heterocycles. The largest absolute Gasteiger partial charge is 0.416 e. The molecule has 0 unspecified atom stereocenters. The van der Waals surface area contributed by atoms with Crippen LogP contribution in [-0.4, -0.2) is 19.5 Å². The van der Waals surface area contributed by atoms with Gasteiger partial charge in [-0.3, -0.25) is 4.79 Å². The minimum absolute atomic E-state index is 0.104. The van der Waals surface area contributed by atoms with E-state index in [4.69, 9.17) is 0 Å². The second kappa shape index (κ2) is 6.39. The summed E-state index contributed by atoms with van der Waals surface area (Å²) in [6, 6.07) is 4.93. The third-order valence-electron chi connectivity index (χ3n) is 2.35. The molecule has 0 aliphatic carbocycles. The molecule has 0 fully saturated rings. The lowest BCUT2D eigenvalue weighted by Gasteiger charge is -2.09. The number of benzene rings is 1. The van der Waals surface area contributed by atoms with Crippen LogP contribution in [-0.2, 0) is 17.5 Å². The Balaban J connectivity index is 2.55. The first kappa shape index (κ1) is 14.5. The Labute approximate surface area is 103 Å². The van der Waals surface area contributed by atoms with Gasteiger partial charge >= 0.3 is 6.18 Å². The number of hydrogen-bond acceptors (Lipinski definition) is 2.